The lowest BCUT2D eigenvalue weighted by atomic mass is 10.1. The van der Waals surface area contributed by atoms with Gasteiger partial charge in [-0.05, 0) is 33.3 Å². The monoisotopic (exact) mass is 265 g/mol. The molecule has 0 saturated heterocycles. The van der Waals surface area contributed by atoms with E-state index < -0.39 is 0 Å². The Morgan fingerprint density at radius 2 is 2.00 bits per heavy atom. The summed E-state index contributed by atoms with van der Waals surface area (Å²) >= 11 is 0. The quantitative estimate of drug-likeness (QED) is 0.783. The summed E-state index contributed by atoms with van der Waals surface area (Å²) in [6.07, 6.45) is 0. The first-order chi connectivity index (χ1) is 9.04. The molecule has 0 spiro atoms. The van der Waals surface area contributed by atoms with Gasteiger partial charge in [-0.3, -0.25) is 4.79 Å². The molecule has 0 aliphatic rings. The van der Waals surface area contributed by atoms with Crippen molar-refractivity contribution in [2.45, 2.75) is 34.2 Å². The van der Waals surface area contributed by atoms with Crippen LogP contribution in [-0.4, -0.2) is 35.7 Å². The van der Waals surface area contributed by atoms with E-state index in [9.17, 15) is 4.79 Å². The summed E-state index contributed by atoms with van der Waals surface area (Å²) in [6.45, 7) is 9.74. The van der Waals surface area contributed by atoms with Gasteiger partial charge in [0, 0.05) is 25.2 Å². The molecule has 0 aliphatic carbocycles. The van der Waals surface area contributed by atoms with Gasteiger partial charge in [-0.15, -0.1) is 5.10 Å². The molecule has 1 rings (SSSR count). The SMILES string of the molecule is CCNC(=O)CN(CC)c1nnc(C)c(C)c1CN. The fourth-order valence-electron chi connectivity index (χ4n) is 1.91. The number of rotatable bonds is 6. The van der Waals surface area contributed by atoms with Crippen LogP contribution in [0, 0.1) is 13.8 Å². The van der Waals surface area contributed by atoms with Crippen molar-refractivity contribution in [2.75, 3.05) is 24.5 Å². The van der Waals surface area contributed by atoms with Gasteiger partial charge in [-0.2, -0.15) is 5.10 Å². The summed E-state index contributed by atoms with van der Waals surface area (Å²) in [5.74, 6) is 0.687. The number of amides is 1. The second-order valence-corrected chi connectivity index (χ2v) is 4.38. The minimum Gasteiger partial charge on any atom is -0.355 e. The van der Waals surface area contributed by atoms with E-state index in [0.29, 0.717) is 25.5 Å². The molecule has 106 valence electrons. The topological polar surface area (TPSA) is 84.1 Å². The summed E-state index contributed by atoms with van der Waals surface area (Å²) in [5, 5.41) is 11.1. The van der Waals surface area contributed by atoms with Gasteiger partial charge < -0.3 is 16.0 Å². The van der Waals surface area contributed by atoms with Gasteiger partial charge in [0.2, 0.25) is 5.91 Å². The van der Waals surface area contributed by atoms with E-state index in [4.69, 9.17) is 5.73 Å². The Labute approximate surface area is 114 Å². The number of nitrogens with two attached hydrogens (primary N) is 1. The molecule has 1 heterocycles. The summed E-state index contributed by atoms with van der Waals surface area (Å²) in [6, 6.07) is 0. The minimum atomic E-state index is -0.0210. The molecular weight excluding hydrogens is 242 g/mol. The van der Waals surface area contributed by atoms with Crippen molar-refractivity contribution in [1.82, 2.24) is 15.5 Å². The number of anilines is 1. The highest BCUT2D eigenvalue weighted by atomic mass is 16.2. The number of hydrogen-bond donors (Lipinski definition) is 2. The average molecular weight is 265 g/mol. The maximum Gasteiger partial charge on any atom is 0.239 e. The van der Waals surface area contributed by atoms with Crippen molar-refractivity contribution in [2.24, 2.45) is 5.73 Å². The Morgan fingerprint density at radius 3 is 2.53 bits per heavy atom. The predicted molar refractivity (Wildman–Crippen MR) is 76.0 cm³/mol. The van der Waals surface area contributed by atoms with Gasteiger partial charge in [0.1, 0.15) is 0 Å². The summed E-state index contributed by atoms with van der Waals surface area (Å²) in [4.78, 5) is 13.6. The van der Waals surface area contributed by atoms with Gasteiger partial charge in [-0.1, -0.05) is 0 Å². The number of hydrogen-bond acceptors (Lipinski definition) is 5. The van der Waals surface area contributed by atoms with Crippen LogP contribution in [0.5, 0.6) is 0 Å². The number of carbonyl (C=O) groups is 1. The fourth-order valence-corrected chi connectivity index (χ4v) is 1.91. The third-order valence-corrected chi connectivity index (χ3v) is 3.15. The van der Waals surface area contributed by atoms with E-state index in [1.54, 1.807) is 0 Å². The first-order valence-electron chi connectivity index (χ1n) is 6.59. The van der Waals surface area contributed by atoms with E-state index in [-0.39, 0.29) is 12.5 Å². The summed E-state index contributed by atoms with van der Waals surface area (Å²) < 4.78 is 0. The molecule has 1 aromatic heterocycles. The third-order valence-electron chi connectivity index (χ3n) is 3.15. The smallest absolute Gasteiger partial charge is 0.239 e. The number of nitrogens with zero attached hydrogens (tertiary/aromatic N) is 3. The van der Waals surface area contributed by atoms with E-state index in [1.165, 1.54) is 0 Å². The molecule has 19 heavy (non-hydrogen) atoms. The standard InChI is InChI=1S/C13H23N5O/c1-5-15-12(19)8-18(6-2)13-11(7-14)9(3)10(4)16-17-13/h5-8,14H2,1-4H3,(H,15,19). The maximum absolute atomic E-state index is 11.7. The van der Waals surface area contributed by atoms with Gasteiger partial charge in [0.15, 0.2) is 5.82 Å². The molecule has 6 nitrogen and oxygen atoms in total. The fraction of sp³-hybridized carbons (Fsp3) is 0.615. The normalized spacial score (nSPS) is 10.4. The van der Waals surface area contributed by atoms with Gasteiger partial charge in [-0.25, -0.2) is 0 Å². The predicted octanol–water partition coefficient (Wildman–Crippen LogP) is 0.515. The zero-order chi connectivity index (χ0) is 14.4. The minimum absolute atomic E-state index is 0.0210. The molecule has 0 atom stereocenters. The molecule has 3 N–H and O–H groups in total. The number of likely N-dealkylation sites (N-methyl/N-ethyl adjacent to an activating group) is 2. The number of nitrogens with one attached hydrogen (secondary N) is 1. The Kier molecular flexibility index (Phi) is 5.69. The van der Waals surface area contributed by atoms with Crippen molar-refractivity contribution in [3.05, 3.63) is 16.8 Å². The lowest BCUT2D eigenvalue weighted by molar-refractivity contribution is -0.119. The molecule has 6 heteroatoms. The highest BCUT2D eigenvalue weighted by Gasteiger charge is 2.17. The van der Waals surface area contributed by atoms with E-state index in [2.05, 4.69) is 15.5 Å². The summed E-state index contributed by atoms with van der Waals surface area (Å²) in [7, 11) is 0. The van der Waals surface area contributed by atoms with Crippen LogP contribution < -0.4 is 16.0 Å². The Morgan fingerprint density at radius 1 is 1.32 bits per heavy atom. The molecule has 0 saturated carbocycles. The highest BCUT2D eigenvalue weighted by Crippen LogP contribution is 2.21. The molecule has 0 fully saturated rings. The Balaban J connectivity index is 3.04. The lowest BCUT2D eigenvalue weighted by Gasteiger charge is -2.24. The molecule has 0 aliphatic heterocycles. The molecule has 1 amide bonds. The average Bonchev–Trinajstić information content (AvgIpc) is 2.39. The molecule has 0 unspecified atom stereocenters. The van der Waals surface area contributed by atoms with Crippen LogP contribution in [0.2, 0.25) is 0 Å². The van der Waals surface area contributed by atoms with E-state index >= 15 is 0 Å². The molecule has 0 radical (unpaired) electrons. The first kappa shape index (κ1) is 15.4. The first-order valence-corrected chi connectivity index (χ1v) is 6.59. The van der Waals surface area contributed by atoms with Crippen LogP contribution in [-0.2, 0) is 11.3 Å². The van der Waals surface area contributed by atoms with Crippen molar-refractivity contribution >= 4 is 11.7 Å². The van der Waals surface area contributed by atoms with E-state index in [0.717, 1.165) is 16.8 Å². The van der Waals surface area contributed by atoms with Gasteiger partial charge in [0.25, 0.3) is 0 Å². The Hall–Kier alpha value is -1.69. The van der Waals surface area contributed by atoms with E-state index in [1.807, 2.05) is 32.6 Å². The van der Waals surface area contributed by atoms with Crippen LogP contribution in [0.3, 0.4) is 0 Å². The van der Waals surface area contributed by atoms with Crippen LogP contribution in [0.15, 0.2) is 0 Å². The van der Waals surface area contributed by atoms with Crippen LogP contribution >= 0.6 is 0 Å². The molecule has 0 aromatic carbocycles. The molecule has 1 aromatic rings. The zero-order valence-corrected chi connectivity index (χ0v) is 12.2. The van der Waals surface area contributed by atoms with Gasteiger partial charge in [0.05, 0.1) is 12.2 Å². The second-order valence-electron chi connectivity index (χ2n) is 4.38. The van der Waals surface area contributed by atoms with Crippen molar-refractivity contribution in [3.8, 4) is 0 Å². The maximum atomic E-state index is 11.7. The third kappa shape index (κ3) is 3.64. The van der Waals surface area contributed by atoms with Crippen molar-refractivity contribution in [1.29, 1.82) is 0 Å². The second kappa shape index (κ2) is 7.04. The summed E-state index contributed by atoms with van der Waals surface area (Å²) in [5.41, 5.74) is 8.68. The Bertz CT molecular complexity index is 447. The molecular formula is C13H23N5O. The van der Waals surface area contributed by atoms with Crippen molar-refractivity contribution < 1.29 is 4.79 Å². The van der Waals surface area contributed by atoms with Crippen LogP contribution in [0.25, 0.3) is 0 Å². The van der Waals surface area contributed by atoms with Crippen LogP contribution in [0.4, 0.5) is 5.82 Å². The number of carbonyl (C=O) groups excluding carboxylic acids is 1. The highest BCUT2D eigenvalue weighted by molar-refractivity contribution is 5.81. The van der Waals surface area contributed by atoms with Gasteiger partial charge >= 0.3 is 0 Å². The number of aryl methyl sites for hydroxylation is 1. The van der Waals surface area contributed by atoms with Crippen LogP contribution in [0.1, 0.15) is 30.7 Å². The number of aromatic nitrogens is 2. The lowest BCUT2D eigenvalue weighted by Crippen LogP contribution is -2.38. The van der Waals surface area contributed by atoms with Crippen molar-refractivity contribution in [3.63, 3.8) is 0 Å². The molecule has 0 bridgehead atoms. The largest absolute Gasteiger partial charge is 0.355 e. The zero-order valence-electron chi connectivity index (χ0n) is 12.2.